The maximum absolute atomic E-state index is 12.1. The van der Waals surface area contributed by atoms with Gasteiger partial charge >= 0.3 is 5.69 Å². The van der Waals surface area contributed by atoms with E-state index in [0.29, 0.717) is 38.0 Å². The second-order valence-corrected chi connectivity index (χ2v) is 6.28. The van der Waals surface area contributed by atoms with E-state index in [-0.39, 0.29) is 23.5 Å². The number of rotatable bonds is 5. The van der Waals surface area contributed by atoms with Crippen molar-refractivity contribution in [3.05, 3.63) is 10.5 Å². The van der Waals surface area contributed by atoms with Crippen LogP contribution in [0, 0.1) is 0 Å². The molecule has 1 aromatic rings. The molecule has 0 bridgehead atoms. The quantitative estimate of drug-likeness (QED) is 0.747. The number of hydrogen-bond donors (Lipinski definition) is 1. The molecule has 2 saturated heterocycles. The molecule has 0 spiro atoms. The molecule has 2 aliphatic heterocycles. The first-order chi connectivity index (χ1) is 10.7. The van der Waals surface area contributed by atoms with Crippen LogP contribution in [-0.2, 0) is 20.8 Å². The topological polar surface area (TPSA) is 89.5 Å². The van der Waals surface area contributed by atoms with Crippen LogP contribution in [-0.4, -0.2) is 70.3 Å². The zero-order valence-corrected chi connectivity index (χ0v) is 13.1. The van der Waals surface area contributed by atoms with Gasteiger partial charge in [0.25, 0.3) is 0 Å². The molecule has 1 atom stereocenters. The van der Waals surface area contributed by atoms with Crippen LogP contribution in [0.15, 0.2) is 9.95 Å². The molecule has 0 radical (unpaired) electrons. The molecule has 22 heavy (non-hydrogen) atoms. The van der Waals surface area contributed by atoms with Crippen LogP contribution in [0.3, 0.4) is 0 Å². The highest BCUT2D eigenvalue weighted by Crippen LogP contribution is 2.18. The highest BCUT2D eigenvalue weighted by molar-refractivity contribution is 7.99. The number of carbonyl (C=O) groups is 1. The highest BCUT2D eigenvalue weighted by Gasteiger charge is 2.21. The van der Waals surface area contributed by atoms with Gasteiger partial charge in [0.15, 0.2) is 5.16 Å². The van der Waals surface area contributed by atoms with E-state index in [1.54, 1.807) is 9.47 Å². The summed E-state index contributed by atoms with van der Waals surface area (Å²) in [6.45, 7) is 3.66. The maximum Gasteiger partial charge on any atom is 0.344 e. The number of hydrogen-bond acceptors (Lipinski definition) is 6. The Bertz CT molecular complexity index is 561. The van der Waals surface area contributed by atoms with Crippen molar-refractivity contribution in [2.24, 2.45) is 0 Å². The molecule has 2 aliphatic rings. The van der Waals surface area contributed by atoms with Gasteiger partial charge in [0.2, 0.25) is 5.91 Å². The summed E-state index contributed by atoms with van der Waals surface area (Å²) in [7, 11) is 0. The molecule has 0 aromatic carbocycles. The van der Waals surface area contributed by atoms with Crippen molar-refractivity contribution in [2.75, 3.05) is 38.7 Å². The number of carbonyl (C=O) groups excluding carboxylic acids is 1. The van der Waals surface area contributed by atoms with Gasteiger partial charge < -0.3 is 14.4 Å². The molecule has 1 amide bonds. The molecule has 0 aliphatic carbocycles. The predicted octanol–water partition coefficient (Wildman–Crippen LogP) is -0.299. The largest absolute Gasteiger partial charge is 0.378 e. The Hall–Kier alpha value is -1.32. The van der Waals surface area contributed by atoms with E-state index in [0.717, 1.165) is 19.4 Å². The SMILES string of the molecule is O=C(CSc1n[nH]c(=O)n1C[C@@H]1CCCO1)N1CCOCC1. The third-order valence-corrected chi connectivity index (χ3v) is 4.78. The van der Waals surface area contributed by atoms with Gasteiger partial charge in [-0.25, -0.2) is 9.89 Å². The van der Waals surface area contributed by atoms with E-state index in [1.165, 1.54) is 11.8 Å². The van der Waals surface area contributed by atoms with Crippen LogP contribution in [0.25, 0.3) is 0 Å². The minimum atomic E-state index is -0.253. The smallest absolute Gasteiger partial charge is 0.344 e. The van der Waals surface area contributed by atoms with Gasteiger partial charge in [-0.1, -0.05) is 11.8 Å². The zero-order chi connectivity index (χ0) is 15.4. The van der Waals surface area contributed by atoms with Crippen LogP contribution in [0.1, 0.15) is 12.8 Å². The van der Waals surface area contributed by atoms with Crippen LogP contribution in [0.5, 0.6) is 0 Å². The average Bonchev–Trinajstić information content (AvgIpc) is 3.18. The summed E-state index contributed by atoms with van der Waals surface area (Å²) in [6.07, 6.45) is 2.04. The molecule has 8 nitrogen and oxygen atoms in total. The van der Waals surface area contributed by atoms with Crippen molar-refractivity contribution in [3.63, 3.8) is 0 Å². The molecule has 3 heterocycles. The van der Waals surface area contributed by atoms with Gasteiger partial charge in [0, 0.05) is 19.7 Å². The summed E-state index contributed by atoms with van der Waals surface area (Å²) < 4.78 is 12.4. The van der Waals surface area contributed by atoms with Crippen LogP contribution in [0.2, 0.25) is 0 Å². The van der Waals surface area contributed by atoms with Gasteiger partial charge in [-0.2, -0.15) is 0 Å². The molecular weight excluding hydrogens is 308 g/mol. The van der Waals surface area contributed by atoms with E-state index in [2.05, 4.69) is 10.2 Å². The lowest BCUT2D eigenvalue weighted by Gasteiger charge is -2.26. The Morgan fingerprint density at radius 3 is 2.91 bits per heavy atom. The number of amides is 1. The summed E-state index contributed by atoms with van der Waals surface area (Å²) in [4.78, 5) is 25.8. The van der Waals surface area contributed by atoms with E-state index >= 15 is 0 Å². The van der Waals surface area contributed by atoms with Gasteiger partial charge in [0.1, 0.15) is 0 Å². The number of aromatic nitrogens is 3. The molecule has 1 N–H and O–H groups in total. The standard InChI is InChI=1S/C13H20N4O4S/c18-11(16-3-6-20-7-4-16)9-22-13-15-14-12(19)17(13)8-10-2-1-5-21-10/h10H,1-9H2,(H,14,19)/t10-/m0/s1. The first-order valence-corrected chi connectivity index (χ1v) is 8.48. The number of H-pyrrole nitrogens is 1. The van der Waals surface area contributed by atoms with Gasteiger partial charge in [-0.3, -0.25) is 9.36 Å². The van der Waals surface area contributed by atoms with Crippen molar-refractivity contribution in [3.8, 4) is 0 Å². The van der Waals surface area contributed by atoms with Gasteiger partial charge in [-0.05, 0) is 12.8 Å². The summed E-state index contributed by atoms with van der Waals surface area (Å²) >= 11 is 1.29. The van der Waals surface area contributed by atoms with Crippen LogP contribution in [0.4, 0.5) is 0 Å². The Balaban J connectivity index is 1.57. The lowest BCUT2D eigenvalue weighted by Crippen LogP contribution is -2.41. The second kappa shape index (κ2) is 7.30. The summed E-state index contributed by atoms with van der Waals surface area (Å²) in [5.41, 5.74) is -0.253. The molecule has 2 fully saturated rings. The Kier molecular flexibility index (Phi) is 5.16. The molecule has 0 saturated carbocycles. The fourth-order valence-electron chi connectivity index (χ4n) is 2.60. The molecule has 0 unspecified atom stereocenters. The number of morpholine rings is 1. The number of ether oxygens (including phenoxy) is 2. The molecule has 122 valence electrons. The van der Waals surface area contributed by atoms with E-state index < -0.39 is 0 Å². The third kappa shape index (κ3) is 3.71. The Morgan fingerprint density at radius 2 is 2.18 bits per heavy atom. The number of thioether (sulfide) groups is 1. The molecule has 9 heteroatoms. The van der Waals surface area contributed by atoms with Crippen molar-refractivity contribution in [1.29, 1.82) is 0 Å². The van der Waals surface area contributed by atoms with Crippen LogP contribution >= 0.6 is 11.8 Å². The van der Waals surface area contributed by atoms with E-state index in [4.69, 9.17) is 9.47 Å². The molecule has 3 rings (SSSR count). The predicted molar refractivity (Wildman–Crippen MR) is 79.9 cm³/mol. The van der Waals surface area contributed by atoms with Crippen molar-refractivity contribution < 1.29 is 14.3 Å². The van der Waals surface area contributed by atoms with Gasteiger partial charge in [-0.15, -0.1) is 5.10 Å². The fraction of sp³-hybridized carbons (Fsp3) is 0.769. The monoisotopic (exact) mass is 328 g/mol. The van der Waals surface area contributed by atoms with Gasteiger partial charge in [0.05, 0.1) is 31.6 Å². The van der Waals surface area contributed by atoms with Crippen molar-refractivity contribution >= 4 is 17.7 Å². The normalized spacial score (nSPS) is 22.2. The fourth-order valence-corrected chi connectivity index (χ4v) is 3.46. The minimum Gasteiger partial charge on any atom is -0.378 e. The minimum absolute atomic E-state index is 0.0485. The average molecular weight is 328 g/mol. The Labute approximate surface area is 132 Å². The van der Waals surface area contributed by atoms with E-state index in [9.17, 15) is 9.59 Å². The lowest BCUT2D eigenvalue weighted by atomic mass is 10.2. The summed E-state index contributed by atoms with van der Waals surface area (Å²) in [5, 5.41) is 7.01. The maximum atomic E-state index is 12.1. The second-order valence-electron chi connectivity index (χ2n) is 5.34. The van der Waals surface area contributed by atoms with Crippen molar-refractivity contribution in [2.45, 2.75) is 30.6 Å². The number of nitrogens with zero attached hydrogens (tertiary/aromatic N) is 3. The third-order valence-electron chi connectivity index (χ3n) is 3.82. The molecular formula is C13H20N4O4S. The summed E-state index contributed by atoms with van der Waals surface area (Å²) in [6, 6.07) is 0. The summed E-state index contributed by atoms with van der Waals surface area (Å²) in [5.74, 6) is 0.322. The Morgan fingerprint density at radius 1 is 1.36 bits per heavy atom. The zero-order valence-electron chi connectivity index (χ0n) is 12.3. The highest BCUT2D eigenvalue weighted by atomic mass is 32.2. The lowest BCUT2D eigenvalue weighted by molar-refractivity contribution is -0.132. The molecule has 1 aromatic heterocycles. The van der Waals surface area contributed by atoms with Crippen LogP contribution < -0.4 is 5.69 Å². The number of nitrogens with one attached hydrogen (secondary N) is 1. The number of aromatic amines is 1. The first-order valence-electron chi connectivity index (χ1n) is 7.49. The first kappa shape index (κ1) is 15.6. The van der Waals surface area contributed by atoms with Crippen molar-refractivity contribution in [1.82, 2.24) is 19.7 Å². The van der Waals surface area contributed by atoms with E-state index in [1.807, 2.05) is 0 Å².